The van der Waals surface area contributed by atoms with E-state index in [1.165, 1.54) is 4.31 Å². The van der Waals surface area contributed by atoms with Gasteiger partial charge < -0.3 is 14.6 Å². The maximum absolute atomic E-state index is 13.1. The summed E-state index contributed by atoms with van der Waals surface area (Å²) < 4.78 is 38.3. The van der Waals surface area contributed by atoms with Crippen LogP contribution in [0, 0.1) is 5.92 Å². The van der Waals surface area contributed by atoms with Gasteiger partial charge in [0.05, 0.1) is 17.4 Å². The van der Waals surface area contributed by atoms with Crippen molar-refractivity contribution in [3.63, 3.8) is 0 Å². The molecule has 1 aliphatic rings. The number of sulfonamides is 1. The molecule has 1 N–H and O–H groups in total. The third-order valence-corrected chi connectivity index (χ3v) is 7.97. The first-order chi connectivity index (χ1) is 17.3. The van der Waals surface area contributed by atoms with Crippen molar-refractivity contribution in [1.82, 2.24) is 14.4 Å². The number of rotatable bonds is 9. The van der Waals surface area contributed by atoms with Crippen LogP contribution in [-0.4, -0.2) is 48.5 Å². The van der Waals surface area contributed by atoms with E-state index in [4.69, 9.17) is 9.26 Å². The van der Waals surface area contributed by atoms with Gasteiger partial charge in [0.2, 0.25) is 21.8 Å². The van der Waals surface area contributed by atoms with Crippen LogP contribution >= 0.6 is 0 Å². The highest BCUT2D eigenvalue weighted by atomic mass is 32.2. The Labute approximate surface area is 211 Å². The zero-order valence-electron chi connectivity index (χ0n) is 20.8. The number of ether oxygens (including phenoxy) is 1. The van der Waals surface area contributed by atoms with Gasteiger partial charge in [-0.25, -0.2) is 8.42 Å². The minimum atomic E-state index is -3.69. The topological polar surface area (TPSA) is 115 Å². The van der Waals surface area contributed by atoms with Crippen LogP contribution in [0.5, 0.6) is 5.75 Å². The van der Waals surface area contributed by atoms with Crippen molar-refractivity contribution >= 4 is 21.6 Å². The predicted octanol–water partition coefficient (Wildman–Crippen LogP) is 4.22. The van der Waals surface area contributed by atoms with Crippen LogP contribution < -0.4 is 10.1 Å². The number of nitrogens with zero attached hydrogens (tertiary/aromatic N) is 3. The average Bonchev–Trinajstić information content (AvgIpc) is 3.35. The monoisotopic (exact) mass is 512 g/mol. The SMILES string of the molecule is CCOc1ccc(S(=O)(=O)N2CCCC(C(=O)Nc3ccc(Cc4noc(C(C)C)n4)cc3)C2)cc1. The summed E-state index contributed by atoms with van der Waals surface area (Å²) in [6, 6.07) is 13.9. The second-order valence-corrected chi connectivity index (χ2v) is 11.1. The third-order valence-electron chi connectivity index (χ3n) is 6.09. The van der Waals surface area contributed by atoms with E-state index in [2.05, 4.69) is 15.5 Å². The number of nitrogens with one attached hydrogen (secondary N) is 1. The highest BCUT2D eigenvalue weighted by Crippen LogP contribution is 2.26. The molecule has 0 spiro atoms. The Kier molecular flexibility index (Phi) is 8.05. The van der Waals surface area contributed by atoms with Crippen LogP contribution in [0.2, 0.25) is 0 Å². The van der Waals surface area contributed by atoms with Crippen LogP contribution in [0.3, 0.4) is 0 Å². The molecule has 2 heterocycles. The van der Waals surface area contributed by atoms with E-state index in [0.29, 0.717) is 55.6 Å². The molecule has 1 atom stereocenters. The Bertz CT molecular complexity index is 1270. The molecule has 9 nitrogen and oxygen atoms in total. The van der Waals surface area contributed by atoms with Gasteiger partial charge in [0.15, 0.2) is 5.82 Å². The van der Waals surface area contributed by atoms with Crippen LogP contribution in [0.4, 0.5) is 5.69 Å². The lowest BCUT2D eigenvalue weighted by atomic mass is 9.98. The molecule has 0 saturated carbocycles. The van der Waals surface area contributed by atoms with Crippen molar-refractivity contribution in [2.24, 2.45) is 5.92 Å². The molecule has 0 aliphatic carbocycles. The summed E-state index contributed by atoms with van der Waals surface area (Å²) in [6.07, 6.45) is 1.79. The second-order valence-electron chi connectivity index (χ2n) is 9.17. The van der Waals surface area contributed by atoms with Gasteiger partial charge in [-0.2, -0.15) is 9.29 Å². The summed E-state index contributed by atoms with van der Waals surface area (Å²) in [5, 5.41) is 6.94. The zero-order chi connectivity index (χ0) is 25.7. The Morgan fingerprint density at radius 3 is 2.53 bits per heavy atom. The van der Waals surface area contributed by atoms with E-state index in [0.717, 1.165) is 5.56 Å². The molecule has 1 aliphatic heterocycles. The fraction of sp³-hybridized carbons (Fsp3) is 0.423. The number of piperidine rings is 1. The number of carbonyl (C=O) groups is 1. The maximum Gasteiger partial charge on any atom is 0.243 e. The molecule has 36 heavy (non-hydrogen) atoms. The number of hydrogen-bond acceptors (Lipinski definition) is 7. The quantitative estimate of drug-likeness (QED) is 0.456. The maximum atomic E-state index is 13.1. The summed E-state index contributed by atoms with van der Waals surface area (Å²) in [5.41, 5.74) is 1.65. The van der Waals surface area contributed by atoms with Crippen LogP contribution in [-0.2, 0) is 21.2 Å². The van der Waals surface area contributed by atoms with E-state index in [-0.39, 0.29) is 23.3 Å². The molecule has 2 aromatic carbocycles. The Morgan fingerprint density at radius 2 is 1.89 bits per heavy atom. The fourth-order valence-electron chi connectivity index (χ4n) is 4.10. The van der Waals surface area contributed by atoms with E-state index in [1.54, 1.807) is 24.3 Å². The fourth-order valence-corrected chi connectivity index (χ4v) is 5.63. The largest absolute Gasteiger partial charge is 0.494 e. The lowest BCUT2D eigenvalue weighted by Gasteiger charge is -2.31. The molecular weight excluding hydrogens is 480 g/mol. The molecule has 4 rings (SSSR count). The van der Waals surface area contributed by atoms with Gasteiger partial charge in [-0.05, 0) is 61.7 Å². The molecule has 1 saturated heterocycles. The normalized spacial score (nSPS) is 16.7. The van der Waals surface area contributed by atoms with E-state index in [1.807, 2.05) is 45.0 Å². The van der Waals surface area contributed by atoms with Crippen molar-refractivity contribution in [2.75, 3.05) is 25.0 Å². The van der Waals surface area contributed by atoms with Gasteiger partial charge in [0.1, 0.15) is 5.75 Å². The number of aromatic nitrogens is 2. The molecule has 10 heteroatoms. The molecule has 3 aromatic rings. The van der Waals surface area contributed by atoms with E-state index < -0.39 is 15.9 Å². The summed E-state index contributed by atoms with van der Waals surface area (Å²) >= 11 is 0. The number of anilines is 1. The molecular formula is C26H32N4O5S. The Balaban J connectivity index is 1.36. The minimum absolute atomic E-state index is 0.148. The zero-order valence-corrected chi connectivity index (χ0v) is 21.6. The van der Waals surface area contributed by atoms with E-state index >= 15 is 0 Å². The van der Waals surface area contributed by atoms with Crippen molar-refractivity contribution in [1.29, 1.82) is 0 Å². The first kappa shape index (κ1) is 25.8. The third kappa shape index (κ3) is 6.11. The van der Waals surface area contributed by atoms with E-state index in [9.17, 15) is 13.2 Å². The van der Waals surface area contributed by atoms with Crippen molar-refractivity contribution < 1.29 is 22.5 Å². The average molecular weight is 513 g/mol. The first-order valence-electron chi connectivity index (χ1n) is 12.2. The Hall–Kier alpha value is -3.24. The lowest BCUT2D eigenvalue weighted by molar-refractivity contribution is -0.120. The predicted molar refractivity (Wildman–Crippen MR) is 135 cm³/mol. The molecule has 0 radical (unpaired) electrons. The number of carbonyl (C=O) groups excluding carboxylic acids is 1. The van der Waals surface area contributed by atoms with Crippen LogP contribution in [0.1, 0.15) is 56.8 Å². The van der Waals surface area contributed by atoms with Gasteiger partial charge in [0.25, 0.3) is 0 Å². The molecule has 1 aromatic heterocycles. The molecule has 1 amide bonds. The van der Waals surface area contributed by atoms with Crippen molar-refractivity contribution in [3.05, 3.63) is 65.8 Å². The Morgan fingerprint density at radius 1 is 1.17 bits per heavy atom. The van der Waals surface area contributed by atoms with Crippen LogP contribution in [0.25, 0.3) is 0 Å². The highest BCUT2D eigenvalue weighted by Gasteiger charge is 2.33. The van der Waals surface area contributed by atoms with Crippen molar-refractivity contribution in [2.45, 2.75) is 50.8 Å². The first-order valence-corrected chi connectivity index (χ1v) is 13.7. The smallest absolute Gasteiger partial charge is 0.243 e. The van der Waals surface area contributed by atoms with Gasteiger partial charge in [-0.3, -0.25) is 4.79 Å². The molecule has 0 bridgehead atoms. The molecule has 1 unspecified atom stereocenters. The van der Waals surface area contributed by atoms with Gasteiger partial charge in [0, 0.05) is 31.1 Å². The summed E-state index contributed by atoms with van der Waals surface area (Å²) in [4.78, 5) is 17.5. The minimum Gasteiger partial charge on any atom is -0.494 e. The summed E-state index contributed by atoms with van der Waals surface area (Å²) in [5.74, 6) is 1.41. The summed E-state index contributed by atoms with van der Waals surface area (Å²) in [7, 11) is -3.69. The van der Waals surface area contributed by atoms with Gasteiger partial charge >= 0.3 is 0 Å². The highest BCUT2D eigenvalue weighted by molar-refractivity contribution is 7.89. The van der Waals surface area contributed by atoms with Gasteiger partial charge in [-0.1, -0.05) is 31.1 Å². The molecule has 1 fully saturated rings. The number of amides is 1. The van der Waals surface area contributed by atoms with Crippen molar-refractivity contribution in [3.8, 4) is 5.75 Å². The van der Waals surface area contributed by atoms with Gasteiger partial charge in [-0.15, -0.1) is 0 Å². The molecule has 192 valence electrons. The second kappa shape index (κ2) is 11.2. The number of hydrogen-bond donors (Lipinski definition) is 1. The van der Waals surface area contributed by atoms with Crippen LogP contribution in [0.15, 0.2) is 57.9 Å². The standard InChI is InChI=1S/C26H32N4O5S/c1-4-34-22-11-13-23(14-12-22)36(32,33)30-15-5-6-20(17-30)25(31)27-21-9-7-19(8-10-21)16-24-28-26(18(2)3)35-29-24/h7-14,18,20H,4-6,15-17H2,1-3H3,(H,27,31). The lowest BCUT2D eigenvalue weighted by Crippen LogP contribution is -2.43. The number of benzene rings is 2. The summed E-state index contributed by atoms with van der Waals surface area (Å²) in [6.45, 7) is 6.91.